The molecule has 2 fully saturated rings. The van der Waals surface area contributed by atoms with Crippen molar-refractivity contribution in [3.05, 3.63) is 0 Å². The summed E-state index contributed by atoms with van der Waals surface area (Å²) in [5.74, 6) is 0.272. The van der Waals surface area contributed by atoms with Gasteiger partial charge < -0.3 is 10.8 Å². The Morgan fingerprint density at radius 2 is 1.94 bits per heavy atom. The van der Waals surface area contributed by atoms with Crippen LogP contribution in [0.25, 0.3) is 0 Å². The molecular formula is C11H22N2O3S. The molecule has 1 atom stereocenters. The van der Waals surface area contributed by atoms with E-state index in [4.69, 9.17) is 5.73 Å². The summed E-state index contributed by atoms with van der Waals surface area (Å²) in [6.07, 6.45) is 4.34. The van der Waals surface area contributed by atoms with E-state index in [0.717, 1.165) is 19.3 Å². The fourth-order valence-electron chi connectivity index (χ4n) is 2.68. The van der Waals surface area contributed by atoms with Crippen LogP contribution < -0.4 is 11.1 Å². The highest BCUT2D eigenvalue weighted by molar-refractivity contribution is 7.92. The van der Waals surface area contributed by atoms with Gasteiger partial charge in [0.1, 0.15) is 5.37 Å². The van der Waals surface area contributed by atoms with Gasteiger partial charge in [-0.25, -0.2) is 8.42 Å². The SMILES string of the molecule is NC1CCC(O)(CNC2CCCS2(=O)=O)CC1. The van der Waals surface area contributed by atoms with Crippen LogP contribution in [0, 0.1) is 0 Å². The molecule has 1 heterocycles. The molecule has 6 heteroatoms. The summed E-state index contributed by atoms with van der Waals surface area (Å²) in [6.45, 7) is 0.365. The molecule has 17 heavy (non-hydrogen) atoms. The molecular weight excluding hydrogens is 240 g/mol. The minimum atomic E-state index is -2.97. The highest BCUT2D eigenvalue weighted by Crippen LogP contribution is 2.27. The van der Waals surface area contributed by atoms with Gasteiger partial charge in [-0.1, -0.05) is 0 Å². The summed E-state index contributed by atoms with van der Waals surface area (Å²) in [5, 5.41) is 12.9. The number of hydrogen-bond donors (Lipinski definition) is 3. The van der Waals surface area contributed by atoms with E-state index in [0.29, 0.717) is 25.8 Å². The highest BCUT2D eigenvalue weighted by atomic mass is 32.2. The molecule has 4 N–H and O–H groups in total. The highest BCUT2D eigenvalue weighted by Gasteiger charge is 2.36. The minimum Gasteiger partial charge on any atom is -0.389 e. The molecule has 2 rings (SSSR count). The van der Waals surface area contributed by atoms with Crippen LogP contribution in [-0.2, 0) is 9.84 Å². The van der Waals surface area contributed by atoms with Crippen LogP contribution in [0.1, 0.15) is 38.5 Å². The number of sulfone groups is 1. The molecule has 0 aromatic carbocycles. The third-order valence-electron chi connectivity index (χ3n) is 3.95. The Hall–Kier alpha value is -0.170. The molecule has 2 aliphatic rings. The van der Waals surface area contributed by atoms with Gasteiger partial charge in [-0.15, -0.1) is 0 Å². The maximum Gasteiger partial charge on any atom is 0.166 e. The van der Waals surface area contributed by atoms with Gasteiger partial charge in [0.2, 0.25) is 0 Å². The molecule has 0 aromatic rings. The molecule has 0 spiro atoms. The quantitative estimate of drug-likeness (QED) is 0.652. The number of nitrogens with two attached hydrogens (primary N) is 1. The van der Waals surface area contributed by atoms with E-state index in [2.05, 4.69) is 5.32 Å². The van der Waals surface area contributed by atoms with Crippen LogP contribution >= 0.6 is 0 Å². The maximum absolute atomic E-state index is 11.6. The second-order valence-corrected chi connectivity index (χ2v) is 7.74. The molecule has 0 radical (unpaired) electrons. The summed E-state index contributed by atoms with van der Waals surface area (Å²) in [5.41, 5.74) is 5.02. The summed E-state index contributed by atoms with van der Waals surface area (Å²) in [7, 11) is -2.97. The van der Waals surface area contributed by atoms with E-state index in [-0.39, 0.29) is 11.8 Å². The molecule has 1 saturated heterocycles. The molecule has 1 aliphatic heterocycles. The number of nitrogens with one attached hydrogen (secondary N) is 1. The zero-order valence-electron chi connectivity index (χ0n) is 10.1. The Bertz CT molecular complexity index is 361. The summed E-state index contributed by atoms with van der Waals surface area (Å²) >= 11 is 0. The monoisotopic (exact) mass is 262 g/mol. The first kappa shape index (κ1) is 13.3. The van der Waals surface area contributed by atoms with E-state index in [1.807, 2.05) is 0 Å². The molecule has 0 amide bonds. The van der Waals surface area contributed by atoms with Crippen molar-refractivity contribution >= 4 is 9.84 Å². The van der Waals surface area contributed by atoms with Gasteiger partial charge in [0.15, 0.2) is 9.84 Å². The van der Waals surface area contributed by atoms with Gasteiger partial charge in [0, 0.05) is 12.6 Å². The molecule has 1 aliphatic carbocycles. The fraction of sp³-hybridized carbons (Fsp3) is 1.00. The van der Waals surface area contributed by atoms with Gasteiger partial charge in [0.25, 0.3) is 0 Å². The van der Waals surface area contributed by atoms with Gasteiger partial charge >= 0.3 is 0 Å². The van der Waals surface area contributed by atoms with Crippen LogP contribution in [0.15, 0.2) is 0 Å². The van der Waals surface area contributed by atoms with E-state index in [9.17, 15) is 13.5 Å². The third kappa shape index (κ3) is 3.19. The van der Waals surface area contributed by atoms with E-state index < -0.39 is 20.8 Å². The standard InChI is InChI=1S/C11H22N2O3S/c12-9-3-5-11(14,6-4-9)8-13-10-2-1-7-17(10,15)16/h9-10,13-14H,1-8,12H2. The molecule has 0 aromatic heterocycles. The van der Waals surface area contributed by atoms with Crippen molar-refractivity contribution in [1.82, 2.24) is 5.32 Å². The Morgan fingerprint density at radius 3 is 2.47 bits per heavy atom. The number of aliphatic hydroxyl groups is 1. The normalized spacial score (nSPS) is 41.5. The zero-order valence-corrected chi connectivity index (χ0v) is 10.9. The lowest BCUT2D eigenvalue weighted by atomic mass is 9.82. The topological polar surface area (TPSA) is 92.4 Å². The van der Waals surface area contributed by atoms with Gasteiger partial charge in [-0.05, 0) is 38.5 Å². The predicted molar refractivity (Wildman–Crippen MR) is 66.2 cm³/mol. The average molecular weight is 262 g/mol. The fourth-order valence-corrected chi connectivity index (χ4v) is 4.40. The second-order valence-electron chi connectivity index (χ2n) is 5.44. The third-order valence-corrected chi connectivity index (χ3v) is 6.08. The van der Waals surface area contributed by atoms with Crippen LogP contribution in [0.3, 0.4) is 0 Å². The van der Waals surface area contributed by atoms with E-state index >= 15 is 0 Å². The average Bonchev–Trinajstić information content (AvgIpc) is 2.60. The van der Waals surface area contributed by atoms with Gasteiger partial charge in [-0.2, -0.15) is 0 Å². The first-order valence-electron chi connectivity index (χ1n) is 6.34. The van der Waals surface area contributed by atoms with Gasteiger partial charge in [0.05, 0.1) is 11.4 Å². The van der Waals surface area contributed by atoms with Crippen molar-refractivity contribution < 1.29 is 13.5 Å². The lowest BCUT2D eigenvalue weighted by molar-refractivity contribution is 0.000160. The lowest BCUT2D eigenvalue weighted by Crippen LogP contribution is -2.49. The van der Waals surface area contributed by atoms with Gasteiger partial charge in [-0.3, -0.25) is 5.32 Å². The first-order valence-corrected chi connectivity index (χ1v) is 8.06. The molecule has 100 valence electrons. The Balaban J connectivity index is 1.86. The summed E-state index contributed by atoms with van der Waals surface area (Å²) < 4.78 is 23.3. The minimum absolute atomic E-state index is 0.186. The first-order chi connectivity index (χ1) is 7.91. The molecule has 0 bridgehead atoms. The van der Waals surface area contributed by atoms with Crippen molar-refractivity contribution in [1.29, 1.82) is 0 Å². The summed E-state index contributed by atoms with van der Waals surface area (Å²) in [4.78, 5) is 0. The van der Waals surface area contributed by atoms with Crippen LogP contribution in [-0.4, -0.2) is 42.8 Å². The Kier molecular flexibility index (Phi) is 3.77. The lowest BCUT2D eigenvalue weighted by Gasteiger charge is -2.35. The van der Waals surface area contributed by atoms with E-state index in [1.54, 1.807) is 0 Å². The second kappa shape index (κ2) is 4.84. The number of hydrogen-bond acceptors (Lipinski definition) is 5. The van der Waals surface area contributed by atoms with Crippen molar-refractivity contribution in [3.63, 3.8) is 0 Å². The Labute approximate surface area is 103 Å². The zero-order chi connectivity index (χ0) is 12.5. The Morgan fingerprint density at radius 1 is 1.29 bits per heavy atom. The van der Waals surface area contributed by atoms with Crippen LogP contribution in [0.5, 0.6) is 0 Å². The largest absolute Gasteiger partial charge is 0.389 e. The van der Waals surface area contributed by atoms with E-state index in [1.165, 1.54) is 0 Å². The number of rotatable bonds is 3. The van der Waals surface area contributed by atoms with Crippen LogP contribution in [0.4, 0.5) is 0 Å². The predicted octanol–water partition coefficient (Wildman–Crippen LogP) is -0.257. The maximum atomic E-state index is 11.6. The van der Waals surface area contributed by atoms with Crippen molar-refractivity contribution in [2.45, 2.75) is 55.5 Å². The smallest absolute Gasteiger partial charge is 0.166 e. The van der Waals surface area contributed by atoms with Crippen molar-refractivity contribution in [2.24, 2.45) is 5.73 Å². The van der Waals surface area contributed by atoms with Crippen molar-refractivity contribution in [3.8, 4) is 0 Å². The summed E-state index contributed by atoms with van der Waals surface area (Å²) in [6, 6.07) is 0.186. The van der Waals surface area contributed by atoms with Crippen molar-refractivity contribution in [2.75, 3.05) is 12.3 Å². The molecule has 5 nitrogen and oxygen atoms in total. The molecule has 1 unspecified atom stereocenters. The van der Waals surface area contributed by atoms with Crippen LogP contribution in [0.2, 0.25) is 0 Å². The molecule has 1 saturated carbocycles.